The maximum atomic E-state index is 5.64. The predicted octanol–water partition coefficient (Wildman–Crippen LogP) is 2.42. The zero-order valence-corrected chi connectivity index (χ0v) is 14.3. The molecule has 0 aliphatic carbocycles. The van der Waals surface area contributed by atoms with Gasteiger partial charge in [0.1, 0.15) is 12.4 Å². The number of rotatable bonds is 9. The van der Waals surface area contributed by atoms with Crippen molar-refractivity contribution in [3.63, 3.8) is 0 Å². The molecule has 0 unspecified atom stereocenters. The third-order valence-corrected chi connectivity index (χ3v) is 3.14. The van der Waals surface area contributed by atoms with Gasteiger partial charge in [0.15, 0.2) is 5.96 Å². The molecule has 0 aromatic heterocycles. The first kappa shape index (κ1) is 17.8. The quantitative estimate of drug-likeness (QED) is 0.404. The van der Waals surface area contributed by atoms with Crippen LogP contribution in [-0.4, -0.2) is 45.9 Å². The zero-order valence-electron chi connectivity index (χ0n) is 12.7. The van der Waals surface area contributed by atoms with E-state index >= 15 is 0 Å². The second-order valence-corrected chi connectivity index (χ2v) is 5.20. The molecule has 5 nitrogen and oxygen atoms in total. The van der Waals surface area contributed by atoms with Crippen LogP contribution in [0.15, 0.2) is 33.7 Å². The van der Waals surface area contributed by atoms with E-state index < -0.39 is 0 Å². The molecule has 6 heteroatoms. The second kappa shape index (κ2) is 11.4. The molecular formula is C15H24BrN3O2. The van der Waals surface area contributed by atoms with Crippen LogP contribution in [0.4, 0.5) is 0 Å². The molecule has 0 aliphatic heterocycles. The van der Waals surface area contributed by atoms with Crippen LogP contribution in [0.1, 0.15) is 13.3 Å². The van der Waals surface area contributed by atoms with Crippen molar-refractivity contribution < 1.29 is 9.47 Å². The fourth-order valence-electron chi connectivity index (χ4n) is 1.64. The topological polar surface area (TPSA) is 54.9 Å². The van der Waals surface area contributed by atoms with E-state index in [1.807, 2.05) is 31.2 Å². The summed E-state index contributed by atoms with van der Waals surface area (Å²) in [5.74, 6) is 1.63. The number of ether oxygens (including phenoxy) is 2. The van der Waals surface area contributed by atoms with Crippen LogP contribution in [-0.2, 0) is 4.74 Å². The standard InChI is InChI=1S/C15H24BrN3O2/c1-3-20-10-5-8-18-15(17-2)19-9-11-21-14-7-4-6-13(16)12-14/h4,6-7,12H,3,5,8-11H2,1-2H3,(H2,17,18,19). The Kier molecular flexibility index (Phi) is 9.65. The number of nitrogens with zero attached hydrogens (tertiary/aromatic N) is 1. The normalized spacial score (nSPS) is 11.3. The van der Waals surface area contributed by atoms with Crippen molar-refractivity contribution >= 4 is 21.9 Å². The Balaban J connectivity index is 2.12. The molecule has 0 aliphatic rings. The van der Waals surface area contributed by atoms with Gasteiger partial charge in [-0.05, 0) is 31.5 Å². The summed E-state index contributed by atoms with van der Waals surface area (Å²) >= 11 is 3.42. The highest BCUT2D eigenvalue weighted by Crippen LogP contribution is 2.17. The third-order valence-electron chi connectivity index (χ3n) is 2.64. The van der Waals surface area contributed by atoms with E-state index in [-0.39, 0.29) is 0 Å². The molecule has 0 saturated heterocycles. The molecule has 0 bridgehead atoms. The van der Waals surface area contributed by atoms with Gasteiger partial charge in [0.2, 0.25) is 0 Å². The molecule has 0 spiro atoms. The van der Waals surface area contributed by atoms with E-state index in [1.54, 1.807) is 7.05 Å². The van der Waals surface area contributed by atoms with Gasteiger partial charge in [0.05, 0.1) is 6.54 Å². The first-order valence-corrected chi connectivity index (χ1v) is 7.96. The fourth-order valence-corrected chi connectivity index (χ4v) is 2.02. The Hall–Kier alpha value is -1.27. The van der Waals surface area contributed by atoms with Gasteiger partial charge in [-0.2, -0.15) is 0 Å². The maximum absolute atomic E-state index is 5.64. The van der Waals surface area contributed by atoms with E-state index in [0.29, 0.717) is 13.2 Å². The molecule has 0 heterocycles. The van der Waals surface area contributed by atoms with Crippen LogP contribution >= 0.6 is 15.9 Å². The van der Waals surface area contributed by atoms with E-state index in [2.05, 4.69) is 31.6 Å². The Labute approximate surface area is 135 Å². The molecule has 118 valence electrons. The summed E-state index contributed by atoms with van der Waals surface area (Å²) in [5.41, 5.74) is 0. The number of hydrogen-bond donors (Lipinski definition) is 2. The van der Waals surface area contributed by atoms with Crippen LogP contribution in [0.25, 0.3) is 0 Å². The number of benzene rings is 1. The minimum Gasteiger partial charge on any atom is -0.492 e. The molecule has 2 N–H and O–H groups in total. The average Bonchev–Trinajstić information content (AvgIpc) is 2.49. The van der Waals surface area contributed by atoms with Crippen molar-refractivity contribution in [1.82, 2.24) is 10.6 Å². The average molecular weight is 358 g/mol. The molecule has 21 heavy (non-hydrogen) atoms. The van der Waals surface area contributed by atoms with Crippen molar-refractivity contribution in [2.24, 2.45) is 4.99 Å². The van der Waals surface area contributed by atoms with Crippen molar-refractivity contribution in [1.29, 1.82) is 0 Å². The highest BCUT2D eigenvalue weighted by Gasteiger charge is 1.98. The maximum Gasteiger partial charge on any atom is 0.191 e. The number of aliphatic imine (C=N–C) groups is 1. The molecule has 1 aromatic rings. The van der Waals surface area contributed by atoms with Crippen LogP contribution in [0.5, 0.6) is 5.75 Å². The van der Waals surface area contributed by atoms with Crippen LogP contribution in [0.2, 0.25) is 0 Å². The monoisotopic (exact) mass is 357 g/mol. The van der Waals surface area contributed by atoms with Crippen molar-refractivity contribution in [3.05, 3.63) is 28.7 Å². The summed E-state index contributed by atoms with van der Waals surface area (Å²) in [6, 6.07) is 7.80. The van der Waals surface area contributed by atoms with Crippen LogP contribution in [0.3, 0.4) is 0 Å². The van der Waals surface area contributed by atoms with Gasteiger partial charge in [-0.1, -0.05) is 22.0 Å². The van der Waals surface area contributed by atoms with Gasteiger partial charge >= 0.3 is 0 Å². The zero-order chi connectivity index (χ0) is 15.3. The lowest BCUT2D eigenvalue weighted by Gasteiger charge is -2.12. The molecule has 1 aromatic carbocycles. The number of halogens is 1. The molecule has 0 saturated carbocycles. The lowest BCUT2D eigenvalue weighted by Crippen LogP contribution is -2.39. The Morgan fingerprint density at radius 2 is 2.05 bits per heavy atom. The third kappa shape index (κ3) is 8.57. The van der Waals surface area contributed by atoms with Gasteiger partial charge in [0.25, 0.3) is 0 Å². The van der Waals surface area contributed by atoms with Gasteiger partial charge in [0, 0.05) is 31.3 Å². The molecule has 0 fully saturated rings. The first-order chi connectivity index (χ1) is 10.3. The first-order valence-electron chi connectivity index (χ1n) is 7.17. The molecule has 0 atom stereocenters. The fraction of sp³-hybridized carbons (Fsp3) is 0.533. The van der Waals surface area contributed by atoms with Gasteiger partial charge in [-0.25, -0.2) is 0 Å². The highest BCUT2D eigenvalue weighted by atomic mass is 79.9. The van der Waals surface area contributed by atoms with E-state index in [0.717, 1.165) is 42.4 Å². The largest absolute Gasteiger partial charge is 0.492 e. The number of hydrogen-bond acceptors (Lipinski definition) is 3. The summed E-state index contributed by atoms with van der Waals surface area (Å²) in [5, 5.41) is 6.44. The number of guanidine groups is 1. The molecule has 1 rings (SSSR count). The second-order valence-electron chi connectivity index (χ2n) is 4.28. The lowest BCUT2D eigenvalue weighted by atomic mass is 10.3. The Bertz CT molecular complexity index is 427. The molecule has 0 radical (unpaired) electrons. The van der Waals surface area contributed by atoms with Gasteiger partial charge < -0.3 is 20.1 Å². The predicted molar refractivity (Wildman–Crippen MR) is 90.1 cm³/mol. The summed E-state index contributed by atoms with van der Waals surface area (Å²) in [6.45, 7) is 5.64. The highest BCUT2D eigenvalue weighted by molar-refractivity contribution is 9.10. The van der Waals surface area contributed by atoms with E-state index in [9.17, 15) is 0 Å². The summed E-state index contributed by atoms with van der Waals surface area (Å²) in [6.07, 6.45) is 0.961. The minimum atomic E-state index is 0.579. The summed E-state index contributed by atoms with van der Waals surface area (Å²) in [4.78, 5) is 4.16. The molecule has 0 amide bonds. The van der Waals surface area contributed by atoms with E-state index in [4.69, 9.17) is 9.47 Å². The summed E-state index contributed by atoms with van der Waals surface area (Å²) < 4.78 is 11.9. The minimum absolute atomic E-state index is 0.579. The van der Waals surface area contributed by atoms with Gasteiger partial charge in [-0.3, -0.25) is 4.99 Å². The molecular weight excluding hydrogens is 334 g/mol. The lowest BCUT2D eigenvalue weighted by molar-refractivity contribution is 0.145. The van der Waals surface area contributed by atoms with Gasteiger partial charge in [-0.15, -0.1) is 0 Å². The van der Waals surface area contributed by atoms with E-state index in [1.165, 1.54) is 0 Å². The van der Waals surface area contributed by atoms with Crippen molar-refractivity contribution in [2.75, 3.05) is 40.0 Å². The van der Waals surface area contributed by atoms with Crippen LogP contribution in [0, 0.1) is 0 Å². The summed E-state index contributed by atoms with van der Waals surface area (Å²) in [7, 11) is 1.76. The Morgan fingerprint density at radius 1 is 1.24 bits per heavy atom. The SMILES string of the molecule is CCOCCCNC(=NC)NCCOc1cccc(Br)c1. The number of nitrogens with one attached hydrogen (secondary N) is 2. The van der Waals surface area contributed by atoms with Crippen molar-refractivity contribution in [3.8, 4) is 5.75 Å². The van der Waals surface area contributed by atoms with Crippen LogP contribution < -0.4 is 15.4 Å². The Morgan fingerprint density at radius 3 is 2.76 bits per heavy atom. The van der Waals surface area contributed by atoms with Crippen molar-refractivity contribution in [2.45, 2.75) is 13.3 Å². The smallest absolute Gasteiger partial charge is 0.191 e.